The molecule has 0 atom stereocenters. The normalized spacial score (nSPS) is 14.0. The van der Waals surface area contributed by atoms with Gasteiger partial charge in [0.05, 0.1) is 11.0 Å². The molecule has 1 aliphatic carbocycles. The second kappa shape index (κ2) is 4.26. The number of nitrogens with zero attached hydrogens (tertiary/aromatic N) is 1. The molecule has 0 bridgehead atoms. The van der Waals surface area contributed by atoms with Gasteiger partial charge in [0, 0.05) is 5.22 Å². The molecule has 0 saturated carbocycles. The molecule has 18 heavy (non-hydrogen) atoms. The van der Waals surface area contributed by atoms with Crippen molar-refractivity contribution in [3.8, 4) is 0 Å². The zero-order valence-corrected chi connectivity index (χ0v) is 10.1. The van der Waals surface area contributed by atoms with Crippen LogP contribution in [-0.4, -0.2) is 10.2 Å². The van der Waals surface area contributed by atoms with Crippen LogP contribution in [0, 0.1) is 12.7 Å². The first-order chi connectivity index (χ1) is 8.75. The van der Waals surface area contributed by atoms with E-state index in [1.165, 1.54) is 17.7 Å². The Balaban J connectivity index is 2.33. The summed E-state index contributed by atoms with van der Waals surface area (Å²) in [6, 6.07) is 6.63. The fourth-order valence-electron chi connectivity index (χ4n) is 2.32. The van der Waals surface area contributed by atoms with Crippen LogP contribution in [0.2, 0.25) is 0 Å². The lowest BCUT2D eigenvalue weighted by Crippen LogP contribution is -2.26. The molecule has 3 heteroatoms. The highest BCUT2D eigenvalue weighted by Crippen LogP contribution is 2.17. The lowest BCUT2D eigenvalue weighted by atomic mass is 10.0. The molecule has 90 valence electrons. The summed E-state index contributed by atoms with van der Waals surface area (Å²) in [6.45, 7) is 1.98. The van der Waals surface area contributed by atoms with E-state index in [-0.39, 0.29) is 5.82 Å². The second-order valence-electron chi connectivity index (χ2n) is 4.38. The van der Waals surface area contributed by atoms with Crippen molar-refractivity contribution in [1.82, 2.24) is 10.2 Å². The first kappa shape index (κ1) is 11.0. The number of aromatic nitrogens is 2. The van der Waals surface area contributed by atoms with Crippen LogP contribution < -0.4 is 10.6 Å². The van der Waals surface area contributed by atoms with E-state index in [0.717, 1.165) is 28.2 Å². The van der Waals surface area contributed by atoms with E-state index in [4.69, 9.17) is 0 Å². The van der Waals surface area contributed by atoms with Crippen molar-refractivity contribution in [2.24, 2.45) is 0 Å². The van der Waals surface area contributed by atoms with E-state index in [0.29, 0.717) is 0 Å². The highest BCUT2D eigenvalue weighted by atomic mass is 19.1. The van der Waals surface area contributed by atoms with Crippen LogP contribution in [0.3, 0.4) is 0 Å². The monoisotopic (exact) mass is 240 g/mol. The summed E-state index contributed by atoms with van der Waals surface area (Å²) < 4.78 is 13.0. The molecule has 0 saturated heterocycles. The third kappa shape index (κ3) is 1.78. The SMILES string of the molecule is Cc1n[nH]c2c1=C(c1ccc(F)cc1)CC=CC=2. The molecule has 1 heterocycles. The van der Waals surface area contributed by atoms with Crippen LogP contribution in [-0.2, 0) is 0 Å². The average molecular weight is 240 g/mol. The molecule has 0 aliphatic heterocycles. The van der Waals surface area contributed by atoms with E-state index in [1.807, 2.05) is 31.2 Å². The summed E-state index contributed by atoms with van der Waals surface area (Å²) in [7, 11) is 0. The van der Waals surface area contributed by atoms with E-state index in [9.17, 15) is 4.39 Å². The van der Waals surface area contributed by atoms with Gasteiger partial charge in [-0.2, -0.15) is 5.10 Å². The Bertz CT molecular complexity index is 721. The average Bonchev–Trinajstić information content (AvgIpc) is 2.62. The third-order valence-electron chi connectivity index (χ3n) is 3.19. The number of aryl methyl sites for hydroxylation is 1. The smallest absolute Gasteiger partial charge is 0.123 e. The number of halogens is 1. The number of fused-ring (bicyclic) bond motifs is 1. The van der Waals surface area contributed by atoms with Gasteiger partial charge in [-0.25, -0.2) is 4.39 Å². The van der Waals surface area contributed by atoms with Crippen LogP contribution in [0.5, 0.6) is 0 Å². The van der Waals surface area contributed by atoms with Crippen molar-refractivity contribution in [1.29, 1.82) is 0 Å². The lowest BCUT2D eigenvalue weighted by molar-refractivity contribution is 0.627. The number of nitrogens with one attached hydrogen (secondary N) is 1. The van der Waals surface area contributed by atoms with Crippen LogP contribution in [0.4, 0.5) is 4.39 Å². The molecule has 1 aromatic carbocycles. The van der Waals surface area contributed by atoms with Crippen molar-refractivity contribution in [2.45, 2.75) is 13.3 Å². The molecular weight excluding hydrogens is 227 g/mol. The first-order valence-electron chi connectivity index (χ1n) is 5.92. The Kier molecular flexibility index (Phi) is 2.59. The molecule has 1 N–H and O–H groups in total. The van der Waals surface area contributed by atoms with E-state index >= 15 is 0 Å². The van der Waals surface area contributed by atoms with Gasteiger partial charge in [-0.05, 0) is 42.7 Å². The van der Waals surface area contributed by atoms with Crippen molar-refractivity contribution >= 4 is 11.6 Å². The summed E-state index contributed by atoms with van der Waals surface area (Å²) >= 11 is 0. The number of H-pyrrole nitrogens is 1. The van der Waals surface area contributed by atoms with Gasteiger partial charge in [-0.3, -0.25) is 5.10 Å². The largest absolute Gasteiger partial charge is 0.278 e. The van der Waals surface area contributed by atoms with Crippen molar-refractivity contribution in [3.05, 3.63) is 64.1 Å². The number of rotatable bonds is 1. The van der Waals surface area contributed by atoms with Gasteiger partial charge in [0.2, 0.25) is 0 Å². The maximum atomic E-state index is 13.0. The molecular formula is C15H13FN2. The third-order valence-corrected chi connectivity index (χ3v) is 3.19. The fraction of sp³-hybridized carbons (Fsp3) is 0.133. The lowest BCUT2D eigenvalue weighted by Gasteiger charge is -2.04. The summed E-state index contributed by atoms with van der Waals surface area (Å²) in [4.78, 5) is 0. The molecule has 0 fully saturated rings. The summed E-state index contributed by atoms with van der Waals surface area (Å²) in [5.74, 6) is -0.209. The van der Waals surface area contributed by atoms with Crippen LogP contribution in [0.15, 0.2) is 36.4 Å². The summed E-state index contributed by atoms with van der Waals surface area (Å²) in [5, 5.41) is 9.42. The highest BCUT2D eigenvalue weighted by molar-refractivity contribution is 5.68. The Labute approximate surface area is 104 Å². The molecule has 0 radical (unpaired) electrons. The van der Waals surface area contributed by atoms with Gasteiger partial charge in [0.15, 0.2) is 0 Å². The van der Waals surface area contributed by atoms with Gasteiger partial charge in [-0.15, -0.1) is 0 Å². The van der Waals surface area contributed by atoms with E-state index in [1.54, 1.807) is 0 Å². The van der Waals surface area contributed by atoms with Crippen molar-refractivity contribution in [2.75, 3.05) is 0 Å². The second-order valence-corrected chi connectivity index (χ2v) is 4.38. The summed E-state index contributed by atoms with van der Waals surface area (Å²) in [6.07, 6.45) is 6.97. The molecule has 0 spiro atoms. The molecule has 2 aromatic rings. The van der Waals surface area contributed by atoms with E-state index in [2.05, 4.69) is 16.3 Å². The first-order valence-corrected chi connectivity index (χ1v) is 5.92. The maximum Gasteiger partial charge on any atom is 0.123 e. The topological polar surface area (TPSA) is 28.7 Å². The zero-order chi connectivity index (χ0) is 12.5. The fourth-order valence-corrected chi connectivity index (χ4v) is 2.32. The number of hydrogen-bond donors (Lipinski definition) is 1. The van der Waals surface area contributed by atoms with E-state index < -0.39 is 0 Å². The van der Waals surface area contributed by atoms with Gasteiger partial charge in [0.1, 0.15) is 5.82 Å². The van der Waals surface area contributed by atoms with Crippen LogP contribution >= 0.6 is 0 Å². The zero-order valence-electron chi connectivity index (χ0n) is 10.1. The molecule has 1 aliphatic rings. The predicted octanol–water partition coefficient (Wildman–Crippen LogP) is 1.80. The summed E-state index contributed by atoms with van der Waals surface area (Å²) in [5.41, 5.74) is 3.20. The Morgan fingerprint density at radius 1 is 1.22 bits per heavy atom. The minimum atomic E-state index is -0.209. The molecule has 0 unspecified atom stereocenters. The standard InChI is InChI=1S/C15H13FN2/c1-10-15-13(11-6-8-12(16)9-7-11)4-2-3-5-14(15)18-17-10/h2-3,5-9,18H,4H2,1H3. The van der Waals surface area contributed by atoms with Gasteiger partial charge >= 0.3 is 0 Å². The quantitative estimate of drug-likeness (QED) is 0.809. The van der Waals surface area contributed by atoms with Crippen molar-refractivity contribution in [3.63, 3.8) is 0 Å². The number of benzene rings is 1. The Morgan fingerprint density at radius 2 is 2.00 bits per heavy atom. The minimum Gasteiger partial charge on any atom is -0.278 e. The Hall–Kier alpha value is -2.16. The molecule has 0 amide bonds. The van der Waals surface area contributed by atoms with Crippen molar-refractivity contribution < 1.29 is 4.39 Å². The number of aromatic amines is 1. The molecule has 1 aromatic heterocycles. The minimum absolute atomic E-state index is 0.209. The number of allylic oxidation sites excluding steroid dienone is 2. The highest BCUT2D eigenvalue weighted by Gasteiger charge is 2.08. The molecule has 2 nitrogen and oxygen atoms in total. The van der Waals surface area contributed by atoms with Gasteiger partial charge in [0.25, 0.3) is 0 Å². The van der Waals surface area contributed by atoms with Gasteiger partial charge < -0.3 is 0 Å². The maximum absolute atomic E-state index is 13.0. The van der Waals surface area contributed by atoms with Gasteiger partial charge in [-0.1, -0.05) is 24.3 Å². The predicted molar refractivity (Wildman–Crippen MR) is 69.7 cm³/mol. The number of hydrogen-bond acceptors (Lipinski definition) is 1. The molecule has 3 rings (SSSR count). The Morgan fingerprint density at radius 3 is 2.78 bits per heavy atom. The van der Waals surface area contributed by atoms with Crippen LogP contribution in [0.1, 0.15) is 17.7 Å². The van der Waals surface area contributed by atoms with Crippen LogP contribution in [0.25, 0.3) is 11.6 Å².